The van der Waals surface area contributed by atoms with E-state index < -0.39 is 22.0 Å². The normalized spacial score (nSPS) is 15.2. The highest BCUT2D eigenvalue weighted by Gasteiger charge is 2.24. The van der Waals surface area contributed by atoms with Crippen molar-refractivity contribution in [2.75, 3.05) is 18.5 Å². The Morgan fingerprint density at radius 2 is 1.62 bits per heavy atom. The Hall–Kier alpha value is -3.11. The van der Waals surface area contributed by atoms with Crippen LogP contribution in [0.1, 0.15) is 38.8 Å². The highest BCUT2D eigenvalue weighted by Crippen LogP contribution is 2.32. The average molecular weight is 462 g/mol. The van der Waals surface area contributed by atoms with Gasteiger partial charge in [0.1, 0.15) is 0 Å². The molecule has 32 heavy (non-hydrogen) atoms. The van der Waals surface area contributed by atoms with Crippen molar-refractivity contribution in [2.45, 2.75) is 44.2 Å². The van der Waals surface area contributed by atoms with E-state index in [4.69, 9.17) is 9.47 Å². The summed E-state index contributed by atoms with van der Waals surface area (Å²) >= 11 is 0. The summed E-state index contributed by atoms with van der Waals surface area (Å²) in [6.45, 7) is 5.78. The average Bonchev–Trinajstić information content (AvgIpc) is 2.98. The summed E-state index contributed by atoms with van der Waals surface area (Å²) < 4.78 is 38.9. The Morgan fingerprint density at radius 3 is 2.28 bits per heavy atom. The number of nitrogens with one attached hydrogen (secondary N) is 3. The van der Waals surface area contributed by atoms with Gasteiger partial charge >= 0.3 is 0 Å². The molecular weight excluding hydrogens is 434 g/mol. The van der Waals surface area contributed by atoms with E-state index in [0.717, 1.165) is 12.0 Å². The zero-order chi connectivity index (χ0) is 23.3. The molecule has 0 radical (unpaired) electrons. The molecule has 0 spiro atoms. The van der Waals surface area contributed by atoms with Crippen molar-refractivity contribution in [3.63, 3.8) is 0 Å². The number of hydrogen-bond donors (Lipinski definition) is 3. The molecule has 3 N–H and O–H groups in total. The largest absolute Gasteiger partial charge is 0.490 e. The van der Waals surface area contributed by atoms with Gasteiger partial charge in [0.25, 0.3) is 0 Å². The van der Waals surface area contributed by atoms with E-state index in [2.05, 4.69) is 15.4 Å². The summed E-state index contributed by atoms with van der Waals surface area (Å²) in [5.41, 5.74) is 1.29. The molecule has 10 heteroatoms. The lowest BCUT2D eigenvalue weighted by Crippen LogP contribution is -2.45. The molecule has 9 nitrogen and oxygen atoms in total. The number of sulfonamides is 1. The first-order valence-corrected chi connectivity index (χ1v) is 11.7. The molecule has 3 rings (SSSR count). The van der Waals surface area contributed by atoms with Crippen LogP contribution < -0.4 is 24.8 Å². The first-order valence-electron chi connectivity index (χ1n) is 10.3. The Labute approximate surface area is 187 Å². The van der Waals surface area contributed by atoms with Crippen molar-refractivity contribution >= 4 is 27.5 Å². The fourth-order valence-electron chi connectivity index (χ4n) is 3.15. The van der Waals surface area contributed by atoms with E-state index in [1.54, 1.807) is 13.0 Å². The molecule has 1 aliphatic rings. The molecular formula is C22H27N3O6S. The smallest absolute Gasteiger partial charge is 0.241 e. The lowest BCUT2D eigenvalue weighted by molar-refractivity contribution is -0.123. The van der Waals surface area contributed by atoms with E-state index in [1.165, 1.54) is 38.1 Å². The second kappa shape index (κ2) is 10.0. The number of anilines is 1. The first-order chi connectivity index (χ1) is 15.2. The lowest BCUT2D eigenvalue weighted by atomic mass is 10.1. The summed E-state index contributed by atoms with van der Waals surface area (Å²) in [6.07, 6.45) is 0.796. The Balaban J connectivity index is 1.62. The monoisotopic (exact) mass is 461 g/mol. The van der Waals surface area contributed by atoms with Gasteiger partial charge in [-0.05, 0) is 55.8 Å². The fraction of sp³-hybridized carbons (Fsp3) is 0.364. The highest BCUT2D eigenvalue weighted by molar-refractivity contribution is 7.89. The number of fused-ring (bicyclic) bond motifs is 1. The first kappa shape index (κ1) is 23.6. The van der Waals surface area contributed by atoms with Gasteiger partial charge in [-0.25, -0.2) is 8.42 Å². The summed E-state index contributed by atoms with van der Waals surface area (Å²) in [7, 11) is -3.93. The maximum atomic E-state index is 12.6. The molecule has 2 amide bonds. The van der Waals surface area contributed by atoms with Gasteiger partial charge in [0, 0.05) is 19.0 Å². The third-order valence-electron chi connectivity index (χ3n) is 4.84. The maximum Gasteiger partial charge on any atom is 0.241 e. The molecule has 0 aromatic heterocycles. The summed E-state index contributed by atoms with van der Waals surface area (Å²) in [5.74, 6) is 0.558. The van der Waals surface area contributed by atoms with Crippen LogP contribution in [0.3, 0.4) is 0 Å². The zero-order valence-corrected chi connectivity index (χ0v) is 19.0. The molecule has 0 saturated heterocycles. The predicted octanol–water partition coefficient (Wildman–Crippen LogP) is 2.35. The van der Waals surface area contributed by atoms with Crippen molar-refractivity contribution in [2.24, 2.45) is 0 Å². The standard InChI is InChI=1S/C22H27N3O6S/c1-14(17-5-10-20-21(13-17)31-12-4-11-30-20)23-22(27)15(2)25-32(28,29)19-8-6-18(7-9-19)24-16(3)26/h5-10,13-15,25H,4,11-12H2,1-3H3,(H,23,27)(H,24,26)/t14?,15-/m0/s1. The van der Waals surface area contributed by atoms with Gasteiger partial charge in [-0.2, -0.15) is 4.72 Å². The molecule has 2 atom stereocenters. The van der Waals surface area contributed by atoms with E-state index in [1.807, 2.05) is 12.1 Å². The molecule has 1 aliphatic heterocycles. The van der Waals surface area contributed by atoms with Crippen LogP contribution in [0.2, 0.25) is 0 Å². The van der Waals surface area contributed by atoms with E-state index in [0.29, 0.717) is 30.4 Å². The number of amides is 2. The maximum absolute atomic E-state index is 12.6. The summed E-state index contributed by atoms with van der Waals surface area (Å²) in [6, 6.07) is 9.76. The minimum absolute atomic E-state index is 0.0119. The van der Waals surface area contributed by atoms with E-state index in [-0.39, 0.29) is 16.8 Å². The van der Waals surface area contributed by atoms with E-state index >= 15 is 0 Å². The van der Waals surface area contributed by atoms with Crippen LogP contribution in [0.15, 0.2) is 47.4 Å². The second-order valence-corrected chi connectivity index (χ2v) is 9.25. The number of hydrogen-bond acceptors (Lipinski definition) is 6. The van der Waals surface area contributed by atoms with Crippen molar-refractivity contribution in [3.8, 4) is 11.5 Å². The van der Waals surface area contributed by atoms with Crippen LogP contribution in [0.5, 0.6) is 11.5 Å². The summed E-state index contributed by atoms with van der Waals surface area (Å²) in [5, 5.41) is 5.38. The van der Waals surface area contributed by atoms with Gasteiger partial charge in [0.2, 0.25) is 21.8 Å². The number of carbonyl (C=O) groups excluding carboxylic acids is 2. The molecule has 172 valence electrons. The minimum Gasteiger partial charge on any atom is -0.490 e. The van der Waals surface area contributed by atoms with Crippen LogP contribution >= 0.6 is 0 Å². The van der Waals surface area contributed by atoms with Crippen LogP contribution in [0, 0.1) is 0 Å². The topological polar surface area (TPSA) is 123 Å². The van der Waals surface area contributed by atoms with Gasteiger partial charge in [0.05, 0.1) is 30.2 Å². The Bertz CT molecular complexity index is 1090. The van der Waals surface area contributed by atoms with Gasteiger partial charge < -0.3 is 20.1 Å². The molecule has 0 saturated carbocycles. The van der Waals surface area contributed by atoms with E-state index in [9.17, 15) is 18.0 Å². The molecule has 2 aromatic carbocycles. The fourth-order valence-corrected chi connectivity index (χ4v) is 4.35. The second-order valence-electron chi connectivity index (χ2n) is 7.54. The molecule has 1 heterocycles. The van der Waals surface area contributed by atoms with Crippen molar-refractivity contribution in [3.05, 3.63) is 48.0 Å². The van der Waals surface area contributed by atoms with Gasteiger partial charge in [-0.1, -0.05) is 6.07 Å². The quantitative estimate of drug-likeness (QED) is 0.582. The van der Waals surface area contributed by atoms with Crippen LogP contribution in [-0.2, 0) is 19.6 Å². The zero-order valence-electron chi connectivity index (χ0n) is 18.2. The minimum atomic E-state index is -3.93. The predicted molar refractivity (Wildman–Crippen MR) is 119 cm³/mol. The highest BCUT2D eigenvalue weighted by atomic mass is 32.2. The molecule has 0 aliphatic carbocycles. The molecule has 0 bridgehead atoms. The van der Waals surface area contributed by atoms with Crippen LogP contribution in [0.4, 0.5) is 5.69 Å². The van der Waals surface area contributed by atoms with Crippen LogP contribution in [-0.4, -0.2) is 39.5 Å². The number of carbonyl (C=O) groups is 2. The van der Waals surface area contributed by atoms with Crippen LogP contribution in [0.25, 0.3) is 0 Å². The SMILES string of the molecule is CC(=O)Nc1ccc(S(=O)(=O)N[C@@H](C)C(=O)NC(C)c2ccc3c(c2)OCCCO3)cc1. The summed E-state index contributed by atoms with van der Waals surface area (Å²) in [4.78, 5) is 23.7. The number of benzene rings is 2. The third-order valence-corrected chi connectivity index (χ3v) is 6.40. The van der Waals surface area contributed by atoms with Crippen molar-refractivity contribution in [1.29, 1.82) is 0 Å². The Morgan fingerprint density at radius 1 is 0.969 bits per heavy atom. The van der Waals surface area contributed by atoms with Crippen molar-refractivity contribution in [1.82, 2.24) is 10.0 Å². The van der Waals surface area contributed by atoms with Gasteiger partial charge in [0.15, 0.2) is 11.5 Å². The van der Waals surface area contributed by atoms with Gasteiger partial charge in [-0.3, -0.25) is 9.59 Å². The van der Waals surface area contributed by atoms with Crippen molar-refractivity contribution < 1.29 is 27.5 Å². The number of rotatable bonds is 7. The third kappa shape index (κ3) is 5.98. The molecule has 1 unspecified atom stereocenters. The lowest BCUT2D eigenvalue weighted by Gasteiger charge is -2.20. The Kier molecular flexibility index (Phi) is 7.37. The van der Waals surface area contributed by atoms with Gasteiger partial charge in [-0.15, -0.1) is 0 Å². The molecule has 2 aromatic rings. The molecule has 0 fully saturated rings. The number of ether oxygens (including phenoxy) is 2.